The molecule has 0 unspecified atom stereocenters. The van der Waals surface area contributed by atoms with Gasteiger partial charge in [-0.1, -0.05) is 17.4 Å². The summed E-state index contributed by atoms with van der Waals surface area (Å²) in [6, 6.07) is 10.3. The number of nitrogens with zero attached hydrogens (tertiary/aromatic N) is 5. The van der Waals surface area contributed by atoms with Crippen LogP contribution in [0.2, 0.25) is 0 Å². The lowest BCUT2D eigenvalue weighted by Crippen LogP contribution is -2.50. The number of aryl methyl sites for hydroxylation is 2. The summed E-state index contributed by atoms with van der Waals surface area (Å²) in [4.78, 5) is 36.5. The van der Waals surface area contributed by atoms with E-state index in [9.17, 15) is 18.0 Å². The molecule has 0 bridgehead atoms. The molecular weight excluding hydrogens is 626 g/mol. The molecule has 5 rings (SSSR count). The first-order chi connectivity index (χ1) is 20.7. The van der Waals surface area contributed by atoms with Gasteiger partial charge < -0.3 is 14.4 Å². The second-order valence-electron chi connectivity index (χ2n) is 10.8. The van der Waals surface area contributed by atoms with E-state index in [4.69, 9.17) is 14.5 Å². The van der Waals surface area contributed by atoms with Crippen molar-refractivity contribution in [3.8, 4) is 0 Å². The highest BCUT2D eigenvalue weighted by molar-refractivity contribution is 7.89. The third-order valence-electron chi connectivity index (χ3n) is 7.76. The summed E-state index contributed by atoms with van der Waals surface area (Å²) in [6.45, 7) is 11.5. The molecule has 2 aromatic carbocycles. The smallest absolute Gasteiger partial charge is 0.409 e. The number of hydrogen-bond donors (Lipinski definition) is 0. The minimum absolute atomic E-state index is 0. The SMILES string of the molecule is CCOC(=O)N1CCN(S(=O)(=O)c2ccc(C(=O)N(CCCN3CCOCC3)c3nc4c(C)cc(C)cc4s3)cc2)CC1.Cl. The van der Waals surface area contributed by atoms with Crippen LogP contribution < -0.4 is 4.90 Å². The first-order valence-electron chi connectivity index (χ1n) is 14.7. The minimum atomic E-state index is -3.79. The van der Waals surface area contributed by atoms with Gasteiger partial charge in [0, 0.05) is 57.9 Å². The summed E-state index contributed by atoms with van der Waals surface area (Å²) in [7, 11) is -3.79. The summed E-state index contributed by atoms with van der Waals surface area (Å²) in [6.07, 6.45) is 0.333. The Morgan fingerprint density at radius 3 is 2.36 bits per heavy atom. The normalized spacial score (nSPS) is 16.5. The molecule has 0 N–H and O–H groups in total. The molecule has 240 valence electrons. The van der Waals surface area contributed by atoms with Crippen molar-refractivity contribution < 1.29 is 27.5 Å². The van der Waals surface area contributed by atoms with Gasteiger partial charge in [-0.3, -0.25) is 14.6 Å². The molecule has 0 aliphatic carbocycles. The maximum Gasteiger partial charge on any atom is 0.409 e. The summed E-state index contributed by atoms with van der Waals surface area (Å²) in [5.41, 5.74) is 3.49. The quantitative estimate of drug-likeness (QED) is 0.335. The van der Waals surface area contributed by atoms with E-state index in [1.165, 1.54) is 32.7 Å². The Labute approximate surface area is 269 Å². The van der Waals surface area contributed by atoms with Crippen LogP contribution in [0.25, 0.3) is 10.2 Å². The number of carbonyl (C=O) groups excluding carboxylic acids is 2. The van der Waals surface area contributed by atoms with Crippen LogP contribution in [0, 0.1) is 13.8 Å². The number of aromatic nitrogens is 1. The predicted molar refractivity (Wildman–Crippen MR) is 174 cm³/mol. The summed E-state index contributed by atoms with van der Waals surface area (Å²) < 4.78 is 39.6. The largest absolute Gasteiger partial charge is 0.450 e. The maximum atomic E-state index is 13.9. The lowest BCUT2D eigenvalue weighted by atomic mass is 10.1. The number of ether oxygens (including phenoxy) is 2. The summed E-state index contributed by atoms with van der Waals surface area (Å²) >= 11 is 1.49. The maximum absolute atomic E-state index is 13.9. The van der Waals surface area contributed by atoms with E-state index in [0.29, 0.717) is 17.2 Å². The molecule has 1 aromatic heterocycles. The topological polar surface area (TPSA) is 113 Å². The van der Waals surface area contributed by atoms with Gasteiger partial charge in [0.1, 0.15) is 0 Å². The highest BCUT2D eigenvalue weighted by atomic mass is 35.5. The van der Waals surface area contributed by atoms with Crippen LogP contribution in [0.5, 0.6) is 0 Å². The molecule has 0 saturated carbocycles. The van der Waals surface area contributed by atoms with E-state index >= 15 is 0 Å². The van der Waals surface area contributed by atoms with E-state index in [1.807, 2.05) is 13.8 Å². The number of morpholine rings is 1. The zero-order valence-electron chi connectivity index (χ0n) is 25.4. The lowest BCUT2D eigenvalue weighted by Gasteiger charge is -2.33. The standard InChI is InChI=1S/C30H39N5O6S2.ClH/c1-4-41-30(37)33-12-14-34(15-13-33)43(38,39)25-8-6-24(7-9-25)28(36)35(11-5-10-32-16-18-40-19-17-32)29-31-27-23(3)20-22(2)21-26(27)42-29;/h6-9,20-21H,4-5,10-19H2,1-3H3;1H. The molecule has 14 heteroatoms. The molecule has 2 aliphatic heterocycles. The van der Waals surface area contributed by atoms with Crippen LogP contribution >= 0.6 is 23.7 Å². The van der Waals surface area contributed by atoms with E-state index in [0.717, 1.165) is 60.6 Å². The summed E-state index contributed by atoms with van der Waals surface area (Å²) in [5.74, 6) is -0.220. The molecule has 44 heavy (non-hydrogen) atoms. The number of fused-ring (bicyclic) bond motifs is 1. The van der Waals surface area contributed by atoms with Gasteiger partial charge in [-0.05, 0) is 68.7 Å². The number of hydrogen-bond acceptors (Lipinski definition) is 9. The molecule has 0 atom stereocenters. The van der Waals surface area contributed by atoms with Gasteiger partial charge in [0.15, 0.2) is 5.13 Å². The van der Waals surface area contributed by atoms with Gasteiger partial charge in [-0.2, -0.15) is 4.31 Å². The number of anilines is 1. The van der Waals surface area contributed by atoms with Crippen molar-refractivity contribution in [2.75, 3.05) is 77.1 Å². The van der Waals surface area contributed by atoms with Gasteiger partial charge in [-0.25, -0.2) is 18.2 Å². The number of benzene rings is 2. The van der Waals surface area contributed by atoms with Crippen molar-refractivity contribution in [2.45, 2.75) is 32.1 Å². The molecule has 2 amide bonds. The number of sulfonamides is 1. The van der Waals surface area contributed by atoms with Crippen molar-refractivity contribution >= 4 is 61.1 Å². The van der Waals surface area contributed by atoms with Crippen molar-refractivity contribution in [3.05, 3.63) is 53.1 Å². The Morgan fingerprint density at radius 1 is 1.02 bits per heavy atom. The number of halogens is 1. The highest BCUT2D eigenvalue weighted by Crippen LogP contribution is 2.33. The number of rotatable bonds is 9. The zero-order chi connectivity index (χ0) is 30.6. The van der Waals surface area contributed by atoms with Crippen LogP contribution in [-0.4, -0.2) is 112 Å². The minimum Gasteiger partial charge on any atom is -0.450 e. The van der Waals surface area contributed by atoms with Crippen LogP contribution in [-0.2, 0) is 19.5 Å². The van der Waals surface area contributed by atoms with Gasteiger partial charge in [0.05, 0.1) is 34.9 Å². The fourth-order valence-corrected chi connectivity index (χ4v) is 8.02. The van der Waals surface area contributed by atoms with Crippen molar-refractivity contribution in [2.24, 2.45) is 0 Å². The molecular formula is C30H40ClN5O6S2. The number of thiazole rings is 1. The molecule has 3 aromatic rings. The van der Waals surface area contributed by atoms with Crippen LogP contribution in [0.3, 0.4) is 0 Å². The van der Waals surface area contributed by atoms with Crippen LogP contribution in [0.15, 0.2) is 41.3 Å². The second kappa shape index (κ2) is 15.0. The van der Waals surface area contributed by atoms with Crippen LogP contribution in [0.1, 0.15) is 34.8 Å². The fraction of sp³-hybridized carbons (Fsp3) is 0.500. The fourth-order valence-electron chi connectivity index (χ4n) is 5.44. The number of carbonyl (C=O) groups is 2. The molecule has 2 fully saturated rings. The lowest BCUT2D eigenvalue weighted by molar-refractivity contribution is 0.0376. The van der Waals surface area contributed by atoms with Crippen molar-refractivity contribution in [1.29, 1.82) is 0 Å². The Morgan fingerprint density at radius 2 is 1.70 bits per heavy atom. The van der Waals surface area contributed by atoms with Crippen LogP contribution in [0.4, 0.5) is 9.93 Å². The molecule has 2 aliphatic rings. The second-order valence-corrected chi connectivity index (χ2v) is 13.8. The molecule has 0 radical (unpaired) electrons. The Bertz CT molecular complexity index is 1550. The Balaban J connectivity index is 0.00000442. The Kier molecular flexibility index (Phi) is 11.6. The van der Waals surface area contributed by atoms with E-state index < -0.39 is 16.1 Å². The first kappa shape index (κ1) is 34.1. The van der Waals surface area contributed by atoms with Gasteiger partial charge in [0.25, 0.3) is 5.91 Å². The first-order valence-corrected chi connectivity index (χ1v) is 16.9. The van der Waals surface area contributed by atoms with Crippen molar-refractivity contribution in [1.82, 2.24) is 19.1 Å². The van der Waals surface area contributed by atoms with E-state index in [-0.39, 0.29) is 56.0 Å². The average Bonchev–Trinajstić information content (AvgIpc) is 3.44. The van der Waals surface area contributed by atoms with Gasteiger partial charge in [-0.15, -0.1) is 12.4 Å². The Hall–Kier alpha value is -2.81. The monoisotopic (exact) mass is 665 g/mol. The van der Waals surface area contributed by atoms with Gasteiger partial charge in [0.2, 0.25) is 10.0 Å². The summed E-state index contributed by atoms with van der Waals surface area (Å²) in [5, 5.41) is 0.631. The molecule has 11 nitrogen and oxygen atoms in total. The zero-order valence-corrected chi connectivity index (χ0v) is 27.8. The number of piperazine rings is 1. The average molecular weight is 666 g/mol. The van der Waals surface area contributed by atoms with Gasteiger partial charge >= 0.3 is 6.09 Å². The van der Waals surface area contributed by atoms with Crippen molar-refractivity contribution in [3.63, 3.8) is 0 Å². The predicted octanol–water partition coefficient (Wildman–Crippen LogP) is 4.17. The van der Waals surface area contributed by atoms with E-state index in [1.54, 1.807) is 24.0 Å². The highest BCUT2D eigenvalue weighted by Gasteiger charge is 2.31. The number of amides is 2. The molecule has 3 heterocycles. The molecule has 0 spiro atoms. The van der Waals surface area contributed by atoms with E-state index in [2.05, 4.69) is 17.0 Å². The third kappa shape index (κ3) is 7.69. The third-order valence-corrected chi connectivity index (χ3v) is 10.7. The molecule has 2 saturated heterocycles.